The SMILES string of the molecule is Cc1ccnc(COC2CNCc3cc(-c4cccc(C(N)=O)c4)ccc32)c1. The Morgan fingerprint density at radius 1 is 1.18 bits per heavy atom. The lowest BCUT2D eigenvalue weighted by Gasteiger charge is -2.27. The molecule has 0 saturated heterocycles. The van der Waals surface area contributed by atoms with Gasteiger partial charge in [-0.1, -0.05) is 24.3 Å². The Morgan fingerprint density at radius 3 is 2.86 bits per heavy atom. The number of nitrogens with one attached hydrogen (secondary N) is 1. The summed E-state index contributed by atoms with van der Waals surface area (Å²) in [5, 5.41) is 3.43. The van der Waals surface area contributed by atoms with Crippen molar-refractivity contribution in [2.45, 2.75) is 26.2 Å². The maximum atomic E-state index is 11.5. The van der Waals surface area contributed by atoms with Gasteiger partial charge in [-0.2, -0.15) is 0 Å². The molecule has 0 bridgehead atoms. The van der Waals surface area contributed by atoms with E-state index in [0.29, 0.717) is 12.2 Å². The van der Waals surface area contributed by atoms with E-state index in [2.05, 4.69) is 35.4 Å². The van der Waals surface area contributed by atoms with E-state index < -0.39 is 5.91 Å². The molecule has 3 aromatic rings. The first kappa shape index (κ1) is 18.3. The summed E-state index contributed by atoms with van der Waals surface area (Å²) in [6, 6.07) is 17.8. The van der Waals surface area contributed by atoms with Crippen molar-refractivity contribution >= 4 is 5.91 Å². The van der Waals surface area contributed by atoms with Crippen LogP contribution in [0.15, 0.2) is 60.8 Å². The highest BCUT2D eigenvalue weighted by atomic mass is 16.5. The Morgan fingerprint density at radius 2 is 2.04 bits per heavy atom. The average Bonchev–Trinajstić information content (AvgIpc) is 2.72. The molecule has 1 aliphatic heterocycles. The number of nitrogens with zero attached hydrogens (tertiary/aromatic N) is 1. The number of fused-ring (bicyclic) bond motifs is 1. The van der Waals surface area contributed by atoms with E-state index in [9.17, 15) is 4.79 Å². The Bertz CT molecular complexity index is 1020. The molecule has 5 nitrogen and oxygen atoms in total. The van der Waals surface area contributed by atoms with Crippen molar-refractivity contribution in [1.29, 1.82) is 0 Å². The van der Waals surface area contributed by atoms with Gasteiger partial charge >= 0.3 is 0 Å². The minimum atomic E-state index is -0.417. The first-order chi connectivity index (χ1) is 13.6. The molecule has 3 N–H and O–H groups in total. The molecule has 0 saturated carbocycles. The zero-order valence-corrected chi connectivity index (χ0v) is 15.8. The van der Waals surface area contributed by atoms with Crippen LogP contribution in [-0.4, -0.2) is 17.4 Å². The molecule has 0 spiro atoms. The predicted octanol–water partition coefficient (Wildman–Crippen LogP) is 3.52. The van der Waals surface area contributed by atoms with E-state index in [1.165, 1.54) is 16.7 Å². The second kappa shape index (κ2) is 7.92. The van der Waals surface area contributed by atoms with E-state index >= 15 is 0 Å². The number of hydrogen-bond acceptors (Lipinski definition) is 4. The summed E-state index contributed by atoms with van der Waals surface area (Å²) in [5.41, 5.74) is 12.5. The van der Waals surface area contributed by atoms with Crippen LogP contribution in [0.4, 0.5) is 0 Å². The highest BCUT2D eigenvalue weighted by Crippen LogP contribution is 2.30. The molecular weight excluding hydrogens is 350 g/mol. The molecule has 1 amide bonds. The lowest BCUT2D eigenvalue weighted by molar-refractivity contribution is 0.0329. The van der Waals surface area contributed by atoms with Crippen LogP contribution in [0.5, 0.6) is 0 Å². The zero-order chi connectivity index (χ0) is 19.5. The molecule has 0 fully saturated rings. The smallest absolute Gasteiger partial charge is 0.248 e. The number of hydrogen-bond donors (Lipinski definition) is 2. The van der Waals surface area contributed by atoms with Crippen molar-refractivity contribution in [3.8, 4) is 11.1 Å². The third kappa shape index (κ3) is 3.96. The number of benzene rings is 2. The predicted molar refractivity (Wildman–Crippen MR) is 109 cm³/mol. The van der Waals surface area contributed by atoms with Gasteiger partial charge in [0.1, 0.15) is 0 Å². The fourth-order valence-corrected chi connectivity index (χ4v) is 3.56. The van der Waals surface area contributed by atoms with Gasteiger partial charge < -0.3 is 15.8 Å². The number of carbonyl (C=O) groups excluding carboxylic acids is 1. The van der Waals surface area contributed by atoms with E-state index in [1.54, 1.807) is 6.07 Å². The lowest BCUT2D eigenvalue weighted by Crippen LogP contribution is -2.29. The van der Waals surface area contributed by atoms with Crippen LogP contribution in [0.3, 0.4) is 0 Å². The molecule has 0 radical (unpaired) electrons. The van der Waals surface area contributed by atoms with Gasteiger partial charge in [0.15, 0.2) is 0 Å². The molecule has 1 aliphatic rings. The summed E-state index contributed by atoms with van der Waals surface area (Å²) in [4.78, 5) is 15.8. The van der Waals surface area contributed by atoms with Crippen LogP contribution in [0, 0.1) is 6.92 Å². The molecule has 0 aliphatic carbocycles. The number of aryl methyl sites for hydroxylation is 1. The molecular formula is C23H23N3O2. The van der Waals surface area contributed by atoms with Crippen LogP contribution < -0.4 is 11.1 Å². The summed E-state index contributed by atoms with van der Waals surface area (Å²) < 4.78 is 6.16. The van der Waals surface area contributed by atoms with Crippen molar-refractivity contribution < 1.29 is 9.53 Å². The Hall–Kier alpha value is -3.02. The van der Waals surface area contributed by atoms with Crippen LogP contribution in [0.25, 0.3) is 11.1 Å². The molecule has 2 aromatic carbocycles. The van der Waals surface area contributed by atoms with Crippen molar-refractivity contribution in [2.24, 2.45) is 5.73 Å². The van der Waals surface area contributed by atoms with Crippen molar-refractivity contribution in [3.05, 3.63) is 88.7 Å². The Kier molecular flexibility index (Phi) is 5.19. The molecule has 4 rings (SSSR count). The molecule has 1 aromatic heterocycles. The average molecular weight is 373 g/mol. The van der Waals surface area contributed by atoms with Gasteiger partial charge in [0.2, 0.25) is 5.91 Å². The number of carbonyl (C=O) groups is 1. The number of aromatic nitrogens is 1. The molecule has 1 unspecified atom stereocenters. The van der Waals surface area contributed by atoms with Crippen molar-refractivity contribution in [3.63, 3.8) is 0 Å². The summed E-state index contributed by atoms with van der Waals surface area (Å²) in [6.07, 6.45) is 1.80. The number of amides is 1. The van der Waals surface area contributed by atoms with Gasteiger partial charge in [-0.3, -0.25) is 9.78 Å². The van der Waals surface area contributed by atoms with Gasteiger partial charge in [0.25, 0.3) is 0 Å². The van der Waals surface area contributed by atoms with E-state index in [4.69, 9.17) is 10.5 Å². The third-order valence-electron chi connectivity index (χ3n) is 5.02. The number of primary amides is 1. The van der Waals surface area contributed by atoms with Gasteiger partial charge in [-0.05, 0) is 65.1 Å². The quantitative estimate of drug-likeness (QED) is 0.717. The Labute approximate surface area is 164 Å². The van der Waals surface area contributed by atoms with E-state index in [-0.39, 0.29) is 6.10 Å². The second-order valence-electron chi connectivity index (χ2n) is 7.11. The van der Waals surface area contributed by atoms with E-state index in [0.717, 1.165) is 29.9 Å². The normalized spacial score (nSPS) is 15.8. The molecule has 142 valence electrons. The first-order valence-electron chi connectivity index (χ1n) is 9.37. The van der Waals surface area contributed by atoms with Crippen molar-refractivity contribution in [2.75, 3.05) is 6.54 Å². The lowest BCUT2D eigenvalue weighted by atomic mass is 9.93. The van der Waals surface area contributed by atoms with Crippen LogP contribution in [0.1, 0.15) is 38.8 Å². The molecule has 28 heavy (non-hydrogen) atoms. The number of ether oxygens (including phenoxy) is 1. The van der Waals surface area contributed by atoms with Gasteiger partial charge in [-0.15, -0.1) is 0 Å². The monoisotopic (exact) mass is 373 g/mol. The fraction of sp³-hybridized carbons (Fsp3) is 0.217. The second-order valence-corrected chi connectivity index (χ2v) is 7.11. The maximum absolute atomic E-state index is 11.5. The molecule has 5 heteroatoms. The minimum absolute atomic E-state index is 0.0166. The van der Waals surface area contributed by atoms with Crippen LogP contribution in [-0.2, 0) is 17.9 Å². The fourth-order valence-electron chi connectivity index (χ4n) is 3.56. The van der Waals surface area contributed by atoms with Gasteiger partial charge in [-0.25, -0.2) is 0 Å². The highest BCUT2D eigenvalue weighted by molar-refractivity contribution is 5.94. The summed E-state index contributed by atoms with van der Waals surface area (Å²) in [7, 11) is 0. The standard InChI is InChI=1S/C23H23N3O2/c1-15-7-8-26-20(9-15)14-28-22-13-25-12-19-11-17(5-6-21(19)22)16-3-2-4-18(10-16)23(24)27/h2-11,22,25H,12-14H2,1H3,(H2,24,27). The zero-order valence-electron chi connectivity index (χ0n) is 15.8. The van der Waals surface area contributed by atoms with Crippen molar-refractivity contribution in [1.82, 2.24) is 10.3 Å². The van der Waals surface area contributed by atoms with E-state index in [1.807, 2.05) is 36.5 Å². The molecule has 1 atom stereocenters. The number of pyridine rings is 1. The largest absolute Gasteiger partial charge is 0.366 e. The van der Waals surface area contributed by atoms with Gasteiger partial charge in [0.05, 0.1) is 18.4 Å². The Balaban J connectivity index is 1.55. The highest BCUT2D eigenvalue weighted by Gasteiger charge is 2.21. The summed E-state index contributed by atoms with van der Waals surface area (Å²) in [6.45, 7) is 4.10. The number of rotatable bonds is 5. The summed E-state index contributed by atoms with van der Waals surface area (Å²) in [5.74, 6) is -0.417. The van der Waals surface area contributed by atoms with Crippen LogP contribution >= 0.6 is 0 Å². The first-order valence-corrected chi connectivity index (χ1v) is 9.37. The summed E-state index contributed by atoms with van der Waals surface area (Å²) >= 11 is 0. The van der Waals surface area contributed by atoms with Gasteiger partial charge in [0, 0.05) is 24.8 Å². The number of nitrogens with two attached hydrogens (primary N) is 1. The third-order valence-corrected chi connectivity index (χ3v) is 5.02. The molecule has 2 heterocycles. The maximum Gasteiger partial charge on any atom is 0.248 e. The topological polar surface area (TPSA) is 77.2 Å². The van der Waals surface area contributed by atoms with Crippen LogP contribution in [0.2, 0.25) is 0 Å². The minimum Gasteiger partial charge on any atom is -0.366 e.